The first-order chi connectivity index (χ1) is 10.2. The maximum absolute atomic E-state index is 11.5. The Kier molecular flexibility index (Phi) is 5.80. The van der Waals surface area contributed by atoms with Crippen molar-refractivity contribution < 1.29 is 4.79 Å². The number of amides is 1. The molecule has 1 aromatic rings. The lowest BCUT2D eigenvalue weighted by Gasteiger charge is -2.28. The second-order valence-corrected chi connectivity index (χ2v) is 5.97. The van der Waals surface area contributed by atoms with Gasteiger partial charge in [0.05, 0.1) is 0 Å². The van der Waals surface area contributed by atoms with Crippen LogP contribution in [-0.2, 0) is 11.2 Å². The maximum atomic E-state index is 11.5. The van der Waals surface area contributed by atoms with E-state index in [1.807, 2.05) is 0 Å². The van der Waals surface area contributed by atoms with Gasteiger partial charge in [0.15, 0.2) is 0 Å². The van der Waals surface area contributed by atoms with E-state index in [9.17, 15) is 4.79 Å². The topological polar surface area (TPSA) is 41.1 Å². The van der Waals surface area contributed by atoms with Gasteiger partial charge < -0.3 is 10.6 Å². The molecule has 0 fully saturated rings. The number of fused-ring (bicyclic) bond motifs is 1. The van der Waals surface area contributed by atoms with Crippen molar-refractivity contribution in [1.82, 2.24) is 5.32 Å². The SMILES string of the molecule is CCCNC(c1ccc2c(c1)CCC(=O)N2)C(CC)CC. The van der Waals surface area contributed by atoms with Crippen molar-refractivity contribution in [3.05, 3.63) is 29.3 Å². The summed E-state index contributed by atoms with van der Waals surface area (Å²) in [5.74, 6) is 0.795. The summed E-state index contributed by atoms with van der Waals surface area (Å²) in [4.78, 5) is 11.5. The van der Waals surface area contributed by atoms with E-state index in [2.05, 4.69) is 49.6 Å². The summed E-state index contributed by atoms with van der Waals surface area (Å²) >= 11 is 0. The first-order valence-corrected chi connectivity index (χ1v) is 8.35. The van der Waals surface area contributed by atoms with Crippen LogP contribution in [0.5, 0.6) is 0 Å². The lowest BCUT2D eigenvalue weighted by atomic mass is 9.87. The number of aryl methyl sites for hydroxylation is 1. The Morgan fingerprint density at radius 1 is 1.19 bits per heavy atom. The zero-order chi connectivity index (χ0) is 15.2. The molecule has 0 spiro atoms. The van der Waals surface area contributed by atoms with Gasteiger partial charge >= 0.3 is 0 Å². The third-order valence-corrected chi connectivity index (χ3v) is 4.52. The van der Waals surface area contributed by atoms with Gasteiger partial charge in [0.1, 0.15) is 0 Å². The van der Waals surface area contributed by atoms with Gasteiger partial charge in [-0.05, 0) is 42.5 Å². The van der Waals surface area contributed by atoms with Crippen LogP contribution in [0, 0.1) is 5.92 Å². The molecule has 1 heterocycles. The summed E-state index contributed by atoms with van der Waals surface area (Å²) in [5.41, 5.74) is 3.64. The summed E-state index contributed by atoms with van der Waals surface area (Å²) in [6, 6.07) is 6.96. The zero-order valence-electron chi connectivity index (χ0n) is 13.5. The van der Waals surface area contributed by atoms with Crippen LogP contribution in [-0.4, -0.2) is 12.5 Å². The fourth-order valence-electron chi connectivity index (χ4n) is 3.21. The van der Waals surface area contributed by atoms with Crippen molar-refractivity contribution in [2.75, 3.05) is 11.9 Å². The minimum atomic E-state index is 0.135. The molecule has 1 aliphatic rings. The molecular formula is C18H28N2O. The zero-order valence-corrected chi connectivity index (χ0v) is 13.5. The summed E-state index contributed by atoms with van der Waals surface area (Å²) in [5, 5.41) is 6.68. The summed E-state index contributed by atoms with van der Waals surface area (Å²) in [6.07, 6.45) is 4.99. The highest BCUT2D eigenvalue weighted by atomic mass is 16.1. The number of benzene rings is 1. The molecule has 21 heavy (non-hydrogen) atoms. The summed E-state index contributed by atoms with van der Waals surface area (Å²) in [6.45, 7) is 7.80. The smallest absolute Gasteiger partial charge is 0.224 e. The molecule has 3 nitrogen and oxygen atoms in total. The van der Waals surface area contributed by atoms with E-state index in [0.717, 1.165) is 25.1 Å². The standard InChI is InChI=1S/C18H28N2O/c1-4-11-19-18(13(5-2)6-3)15-7-9-16-14(12-15)8-10-17(21)20-16/h7,9,12-13,18-19H,4-6,8,10-11H2,1-3H3,(H,20,21). The minimum absolute atomic E-state index is 0.135. The summed E-state index contributed by atoms with van der Waals surface area (Å²) < 4.78 is 0. The number of hydrogen-bond donors (Lipinski definition) is 2. The third kappa shape index (κ3) is 3.85. The van der Waals surface area contributed by atoms with E-state index < -0.39 is 0 Å². The van der Waals surface area contributed by atoms with Crippen molar-refractivity contribution in [1.29, 1.82) is 0 Å². The van der Waals surface area contributed by atoms with Crippen LogP contribution in [0.15, 0.2) is 18.2 Å². The Hall–Kier alpha value is -1.35. The molecule has 0 radical (unpaired) electrons. The van der Waals surface area contributed by atoms with Gasteiger partial charge in [-0.15, -0.1) is 0 Å². The fraction of sp³-hybridized carbons (Fsp3) is 0.611. The molecule has 0 saturated carbocycles. The molecule has 1 atom stereocenters. The number of carbonyl (C=O) groups excluding carboxylic acids is 1. The minimum Gasteiger partial charge on any atom is -0.326 e. The van der Waals surface area contributed by atoms with Gasteiger partial charge in [-0.1, -0.05) is 45.7 Å². The van der Waals surface area contributed by atoms with E-state index in [1.165, 1.54) is 24.0 Å². The Morgan fingerprint density at radius 3 is 2.62 bits per heavy atom. The number of hydrogen-bond acceptors (Lipinski definition) is 2. The lowest BCUT2D eigenvalue weighted by Crippen LogP contribution is -2.29. The first kappa shape index (κ1) is 16.0. The normalized spacial score (nSPS) is 15.7. The highest BCUT2D eigenvalue weighted by molar-refractivity contribution is 5.93. The van der Waals surface area contributed by atoms with Crippen LogP contribution in [0.1, 0.15) is 63.6 Å². The van der Waals surface area contributed by atoms with E-state index >= 15 is 0 Å². The highest BCUT2D eigenvalue weighted by Crippen LogP contribution is 2.31. The Bertz CT molecular complexity index is 480. The van der Waals surface area contributed by atoms with Crippen molar-refractivity contribution in [3.63, 3.8) is 0 Å². The van der Waals surface area contributed by atoms with Crippen molar-refractivity contribution in [3.8, 4) is 0 Å². The quantitative estimate of drug-likeness (QED) is 0.794. The average Bonchev–Trinajstić information content (AvgIpc) is 2.51. The van der Waals surface area contributed by atoms with Gasteiger partial charge in [-0.3, -0.25) is 4.79 Å². The van der Waals surface area contributed by atoms with Gasteiger partial charge in [0, 0.05) is 18.2 Å². The molecule has 1 aliphatic heterocycles. The van der Waals surface area contributed by atoms with E-state index in [0.29, 0.717) is 18.4 Å². The molecule has 1 amide bonds. The van der Waals surface area contributed by atoms with Crippen LogP contribution < -0.4 is 10.6 Å². The Balaban J connectivity index is 2.25. The number of nitrogens with one attached hydrogen (secondary N) is 2. The van der Waals surface area contributed by atoms with E-state index in [4.69, 9.17) is 0 Å². The summed E-state index contributed by atoms with van der Waals surface area (Å²) in [7, 11) is 0. The fourth-order valence-corrected chi connectivity index (χ4v) is 3.21. The van der Waals surface area contributed by atoms with Gasteiger partial charge in [-0.2, -0.15) is 0 Å². The highest BCUT2D eigenvalue weighted by Gasteiger charge is 2.22. The number of anilines is 1. The van der Waals surface area contributed by atoms with Crippen LogP contribution in [0.2, 0.25) is 0 Å². The van der Waals surface area contributed by atoms with E-state index in [-0.39, 0.29) is 5.91 Å². The predicted molar refractivity (Wildman–Crippen MR) is 88.5 cm³/mol. The van der Waals surface area contributed by atoms with Crippen LogP contribution >= 0.6 is 0 Å². The van der Waals surface area contributed by atoms with Crippen LogP contribution in [0.25, 0.3) is 0 Å². The second-order valence-electron chi connectivity index (χ2n) is 5.97. The van der Waals surface area contributed by atoms with Crippen molar-refractivity contribution in [2.24, 2.45) is 5.92 Å². The van der Waals surface area contributed by atoms with Gasteiger partial charge in [0.25, 0.3) is 0 Å². The van der Waals surface area contributed by atoms with E-state index in [1.54, 1.807) is 0 Å². The monoisotopic (exact) mass is 288 g/mol. The van der Waals surface area contributed by atoms with Crippen LogP contribution in [0.4, 0.5) is 5.69 Å². The molecule has 1 unspecified atom stereocenters. The average molecular weight is 288 g/mol. The molecule has 2 N–H and O–H groups in total. The van der Waals surface area contributed by atoms with Crippen LogP contribution in [0.3, 0.4) is 0 Å². The number of carbonyl (C=O) groups is 1. The van der Waals surface area contributed by atoms with Gasteiger partial charge in [0.2, 0.25) is 5.91 Å². The number of rotatable bonds is 7. The lowest BCUT2D eigenvalue weighted by molar-refractivity contribution is -0.116. The first-order valence-electron chi connectivity index (χ1n) is 8.35. The molecule has 1 aromatic carbocycles. The molecule has 116 valence electrons. The molecular weight excluding hydrogens is 260 g/mol. The van der Waals surface area contributed by atoms with Crippen molar-refractivity contribution >= 4 is 11.6 Å². The second kappa shape index (κ2) is 7.60. The van der Waals surface area contributed by atoms with Gasteiger partial charge in [-0.25, -0.2) is 0 Å². The van der Waals surface area contributed by atoms with Crippen molar-refractivity contribution in [2.45, 2.75) is 58.9 Å². The third-order valence-electron chi connectivity index (χ3n) is 4.52. The molecule has 0 aliphatic carbocycles. The molecule has 3 heteroatoms. The Labute approximate surface area is 128 Å². The molecule has 0 bridgehead atoms. The molecule has 0 saturated heterocycles. The molecule has 0 aromatic heterocycles. The predicted octanol–water partition coefficient (Wildman–Crippen LogP) is 4.05. The molecule has 2 rings (SSSR count). The maximum Gasteiger partial charge on any atom is 0.224 e. The Morgan fingerprint density at radius 2 is 1.95 bits per heavy atom. The largest absolute Gasteiger partial charge is 0.326 e.